The number of carbonyl (C=O) groups is 2. The van der Waals surface area contributed by atoms with Crippen LogP contribution >= 0.6 is 0 Å². The second kappa shape index (κ2) is 24.4. The van der Waals surface area contributed by atoms with Crippen LogP contribution < -0.4 is 0 Å². The Kier molecular flexibility index (Phi) is 32.8. The fourth-order valence-electron chi connectivity index (χ4n) is 1.26. The van der Waals surface area contributed by atoms with E-state index in [1.165, 1.54) is 0 Å². The van der Waals surface area contributed by atoms with Crippen molar-refractivity contribution in [1.29, 1.82) is 0 Å². The SMILES string of the molecule is CC(C)O.CC(C)O.O=C(O)CCCCCCCCC(=O)O.[Dy]. The predicted molar refractivity (Wildman–Crippen MR) is 86.9 cm³/mol. The third-order valence-corrected chi connectivity index (χ3v) is 2.03. The third kappa shape index (κ3) is 72.4. The van der Waals surface area contributed by atoms with E-state index in [0.29, 0.717) is 0 Å². The van der Waals surface area contributed by atoms with Crippen molar-refractivity contribution in [1.82, 2.24) is 0 Å². The van der Waals surface area contributed by atoms with E-state index in [9.17, 15) is 9.59 Å². The molecule has 0 aromatic carbocycles. The molecular formula is C16H34DyO6. The Bertz CT molecular complexity index is 225. The average Bonchev–Trinajstić information content (AvgIpc) is 2.30. The van der Waals surface area contributed by atoms with Gasteiger partial charge in [0.25, 0.3) is 0 Å². The Morgan fingerprint density at radius 3 is 1.00 bits per heavy atom. The molecule has 23 heavy (non-hydrogen) atoms. The average molecular weight is 485 g/mol. The molecule has 0 aromatic rings. The van der Waals surface area contributed by atoms with E-state index in [1.54, 1.807) is 27.7 Å². The number of hydrogen-bond donors (Lipinski definition) is 4. The van der Waals surface area contributed by atoms with Crippen LogP contribution in [0.1, 0.15) is 79.1 Å². The first kappa shape index (κ1) is 31.0. The van der Waals surface area contributed by atoms with Crippen LogP contribution in [0.2, 0.25) is 0 Å². The van der Waals surface area contributed by atoms with Crippen LogP contribution in [0.3, 0.4) is 0 Å². The minimum Gasteiger partial charge on any atom is -0.481 e. The van der Waals surface area contributed by atoms with Gasteiger partial charge in [-0.15, -0.1) is 0 Å². The predicted octanol–water partition coefficient (Wildman–Crippen LogP) is 3.05. The number of aliphatic hydroxyl groups is 2. The second-order valence-electron chi connectivity index (χ2n) is 5.60. The largest absolute Gasteiger partial charge is 0.481 e. The molecule has 0 atom stereocenters. The molecule has 7 heteroatoms. The Labute approximate surface area is 170 Å². The molecule has 0 aliphatic carbocycles. The second-order valence-corrected chi connectivity index (χ2v) is 5.60. The minimum atomic E-state index is -0.740. The van der Waals surface area contributed by atoms with Gasteiger partial charge in [0.15, 0.2) is 0 Å². The van der Waals surface area contributed by atoms with Gasteiger partial charge in [-0.05, 0) is 40.5 Å². The summed E-state index contributed by atoms with van der Waals surface area (Å²) in [6.45, 7) is 6.89. The first-order valence-corrected chi connectivity index (χ1v) is 7.89. The van der Waals surface area contributed by atoms with Crippen molar-refractivity contribution in [3.8, 4) is 0 Å². The summed E-state index contributed by atoms with van der Waals surface area (Å²) in [5.41, 5.74) is 0. The Morgan fingerprint density at radius 2 is 0.826 bits per heavy atom. The summed E-state index contributed by atoms with van der Waals surface area (Å²) >= 11 is 0. The standard InChI is InChI=1S/C10H18O4.2C3H8O.Dy/c11-9(12)7-5-3-1-2-4-6-8-10(13)14;2*1-3(2)4;/h1-8H2,(H,11,12)(H,13,14);2*3-4H,1-2H3;. The molecule has 0 saturated carbocycles. The van der Waals surface area contributed by atoms with E-state index < -0.39 is 11.9 Å². The summed E-state index contributed by atoms with van der Waals surface area (Å²) in [6, 6.07) is 0. The quantitative estimate of drug-likeness (QED) is 0.374. The molecule has 0 rings (SSSR count). The fourth-order valence-corrected chi connectivity index (χ4v) is 1.26. The normalized spacial score (nSPS) is 9.22. The van der Waals surface area contributed by atoms with E-state index in [2.05, 4.69) is 0 Å². The molecule has 0 aliphatic heterocycles. The van der Waals surface area contributed by atoms with Gasteiger partial charge in [0.2, 0.25) is 0 Å². The summed E-state index contributed by atoms with van der Waals surface area (Å²) in [5, 5.41) is 32.8. The zero-order valence-electron chi connectivity index (χ0n) is 14.7. The fraction of sp³-hybridized carbons (Fsp3) is 0.875. The van der Waals surface area contributed by atoms with E-state index >= 15 is 0 Å². The number of rotatable bonds is 9. The van der Waals surface area contributed by atoms with Crippen LogP contribution in [0, 0.1) is 38.2 Å². The Hall–Kier alpha value is 0.133. The van der Waals surface area contributed by atoms with E-state index in [-0.39, 0.29) is 63.2 Å². The van der Waals surface area contributed by atoms with E-state index in [4.69, 9.17) is 20.4 Å². The molecule has 0 aliphatic rings. The van der Waals surface area contributed by atoms with Crippen molar-refractivity contribution in [3.63, 3.8) is 0 Å². The van der Waals surface area contributed by atoms with Gasteiger partial charge in [-0.25, -0.2) is 0 Å². The molecular weight excluding hydrogens is 451 g/mol. The first-order chi connectivity index (χ1) is 10.1. The minimum absolute atomic E-state index is 0. The topological polar surface area (TPSA) is 115 Å². The van der Waals surface area contributed by atoms with Crippen molar-refractivity contribution < 1.29 is 68.2 Å². The zero-order valence-corrected chi connectivity index (χ0v) is 16.8. The Balaban J connectivity index is -0.000000167. The summed E-state index contributed by atoms with van der Waals surface area (Å²) in [6.07, 6.45) is 5.49. The molecule has 0 amide bonds. The maximum atomic E-state index is 10.1. The van der Waals surface area contributed by atoms with Crippen LogP contribution in [0.15, 0.2) is 0 Å². The van der Waals surface area contributed by atoms with Crippen LogP contribution in [0.5, 0.6) is 0 Å². The molecule has 0 unspecified atom stereocenters. The monoisotopic (exact) mass is 486 g/mol. The Morgan fingerprint density at radius 1 is 0.652 bits per heavy atom. The van der Waals surface area contributed by atoms with Gasteiger partial charge in [0.05, 0.1) is 0 Å². The first-order valence-electron chi connectivity index (χ1n) is 7.89. The molecule has 0 radical (unpaired) electrons. The van der Waals surface area contributed by atoms with Crippen molar-refractivity contribution in [2.45, 2.75) is 91.3 Å². The number of carboxylic acid groups (broad SMARTS) is 2. The molecule has 0 heterocycles. The molecule has 0 saturated heterocycles. The van der Waals surface area contributed by atoms with Crippen molar-refractivity contribution in [2.75, 3.05) is 0 Å². The smallest absolute Gasteiger partial charge is 0.303 e. The van der Waals surface area contributed by atoms with Crippen LogP contribution in [-0.4, -0.2) is 44.6 Å². The number of unbranched alkanes of at least 4 members (excludes halogenated alkanes) is 5. The van der Waals surface area contributed by atoms with Gasteiger partial charge < -0.3 is 20.4 Å². The van der Waals surface area contributed by atoms with Crippen LogP contribution in [0.4, 0.5) is 0 Å². The molecule has 0 bridgehead atoms. The third-order valence-electron chi connectivity index (χ3n) is 2.03. The number of hydrogen-bond acceptors (Lipinski definition) is 4. The molecule has 4 N–H and O–H groups in total. The molecule has 144 valence electrons. The van der Waals surface area contributed by atoms with Crippen molar-refractivity contribution in [2.24, 2.45) is 0 Å². The number of aliphatic hydroxyl groups excluding tert-OH is 2. The summed E-state index contributed by atoms with van der Waals surface area (Å²) in [7, 11) is 0. The molecule has 0 aromatic heterocycles. The summed E-state index contributed by atoms with van der Waals surface area (Å²) in [4.78, 5) is 20.3. The van der Waals surface area contributed by atoms with Crippen molar-refractivity contribution >= 4 is 11.9 Å². The van der Waals surface area contributed by atoms with Gasteiger partial charge in [0.1, 0.15) is 0 Å². The van der Waals surface area contributed by atoms with E-state index in [0.717, 1.165) is 38.5 Å². The molecule has 0 fully saturated rings. The maximum Gasteiger partial charge on any atom is 0.303 e. The van der Waals surface area contributed by atoms with Crippen LogP contribution in [-0.2, 0) is 9.59 Å². The van der Waals surface area contributed by atoms with Gasteiger partial charge in [0, 0.05) is 63.2 Å². The van der Waals surface area contributed by atoms with Crippen LogP contribution in [0.25, 0.3) is 0 Å². The molecule has 6 nitrogen and oxygen atoms in total. The van der Waals surface area contributed by atoms with Crippen molar-refractivity contribution in [3.05, 3.63) is 0 Å². The summed E-state index contributed by atoms with van der Waals surface area (Å²) < 4.78 is 0. The van der Waals surface area contributed by atoms with E-state index in [1.807, 2.05) is 0 Å². The zero-order chi connectivity index (χ0) is 18.0. The summed E-state index contributed by atoms with van der Waals surface area (Å²) in [5.74, 6) is -1.48. The van der Waals surface area contributed by atoms with Gasteiger partial charge >= 0.3 is 11.9 Å². The van der Waals surface area contributed by atoms with Gasteiger partial charge in [-0.1, -0.05) is 25.7 Å². The van der Waals surface area contributed by atoms with Gasteiger partial charge in [-0.2, -0.15) is 0 Å². The number of aliphatic carboxylic acids is 2. The number of carboxylic acids is 2. The van der Waals surface area contributed by atoms with Gasteiger partial charge in [-0.3, -0.25) is 9.59 Å². The molecule has 0 spiro atoms. The maximum absolute atomic E-state index is 10.1.